The van der Waals surface area contributed by atoms with Crippen LogP contribution in [0.5, 0.6) is 0 Å². The SMILES string of the molecule is CN(CCC(N)=NO)C(=O)n1ccc(N(C)C(=O)n2ccc(N(C)C(=O)n3ccc(N)c3)c2)c1.Cl. The van der Waals surface area contributed by atoms with Gasteiger partial charge in [-0.2, -0.15) is 0 Å². The number of carbonyl (C=O) groups is 3. The number of halogens is 1. The molecule has 0 saturated carbocycles. The average Bonchev–Trinajstić information content (AvgIpc) is 3.60. The average molecular weight is 506 g/mol. The van der Waals surface area contributed by atoms with Crippen LogP contribution in [0.2, 0.25) is 0 Å². The Bertz CT molecular complexity index is 1230. The molecule has 0 fully saturated rings. The number of amidine groups is 1. The van der Waals surface area contributed by atoms with Crippen LogP contribution in [-0.2, 0) is 0 Å². The van der Waals surface area contributed by atoms with Gasteiger partial charge in [0.2, 0.25) is 0 Å². The quantitative estimate of drug-likeness (QED) is 0.209. The van der Waals surface area contributed by atoms with Crippen molar-refractivity contribution in [1.82, 2.24) is 18.6 Å². The fraction of sp³-hybridized carbons (Fsp3) is 0.238. The Morgan fingerprint density at radius 2 is 1.31 bits per heavy atom. The molecular formula is C21H28ClN9O4. The van der Waals surface area contributed by atoms with Gasteiger partial charge in [0.1, 0.15) is 5.84 Å². The maximum Gasteiger partial charge on any atom is 0.332 e. The van der Waals surface area contributed by atoms with Gasteiger partial charge in [-0.1, -0.05) is 5.16 Å². The molecule has 0 aliphatic rings. The molecule has 13 nitrogen and oxygen atoms in total. The first kappa shape index (κ1) is 26.9. The molecule has 3 rings (SSSR count). The van der Waals surface area contributed by atoms with E-state index in [2.05, 4.69) is 5.16 Å². The van der Waals surface area contributed by atoms with Crippen molar-refractivity contribution in [3.05, 3.63) is 55.4 Å². The second kappa shape index (κ2) is 11.2. The Balaban J connectivity index is 0.00000432. The summed E-state index contributed by atoms with van der Waals surface area (Å²) in [5, 5.41) is 11.5. The minimum Gasteiger partial charge on any atom is -0.409 e. The molecular weight excluding hydrogens is 478 g/mol. The maximum absolute atomic E-state index is 13.0. The molecule has 3 heterocycles. The van der Waals surface area contributed by atoms with Crippen molar-refractivity contribution in [1.29, 1.82) is 0 Å². The molecule has 0 unspecified atom stereocenters. The zero-order chi connectivity index (χ0) is 25.0. The van der Waals surface area contributed by atoms with E-state index in [4.69, 9.17) is 16.7 Å². The highest BCUT2D eigenvalue weighted by atomic mass is 35.5. The molecule has 3 aromatic rings. The summed E-state index contributed by atoms with van der Waals surface area (Å²) in [6, 6.07) is 3.82. The van der Waals surface area contributed by atoms with Crippen LogP contribution in [0.25, 0.3) is 0 Å². The van der Waals surface area contributed by atoms with Crippen LogP contribution in [0.3, 0.4) is 0 Å². The van der Waals surface area contributed by atoms with E-state index in [-0.39, 0.29) is 49.3 Å². The molecule has 0 aliphatic carbocycles. The van der Waals surface area contributed by atoms with Crippen LogP contribution in [0.1, 0.15) is 6.42 Å². The van der Waals surface area contributed by atoms with Crippen molar-refractivity contribution in [3.63, 3.8) is 0 Å². The molecule has 35 heavy (non-hydrogen) atoms. The first-order chi connectivity index (χ1) is 16.1. The lowest BCUT2D eigenvalue weighted by Gasteiger charge is -2.18. The number of hydrogen-bond acceptors (Lipinski definition) is 6. The van der Waals surface area contributed by atoms with Crippen LogP contribution < -0.4 is 21.3 Å². The summed E-state index contributed by atoms with van der Waals surface area (Å²) in [4.78, 5) is 42.3. The highest BCUT2D eigenvalue weighted by Crippen LogP contribution is 2.19. The zero-order valence-electron chi connectivity index (χ0n) is 19.5. The molecule has 0 atom stereocenters. The van der Waals surface area contributed by atoms with Crippen LogP contribution in [0.15, 0.2) is 60.5 Å². The van der Waals surface area contributed by atoms with Gasteiger partial charge in [-0.25, -0.2) is 14.4 Å². The first-order valence-electron chi connectivity index (χ1n) is 10.2. The minimum atomic E-state index is -0.386. The lowest BCUT2D eigenvalue weighted by atomic mass is 10.4. The van der Waals surface area contributed by atoms with Gasteiger partial charge in [-0.05, 0) is 18.2 Å². The van der Waals surface area contributed by atoms with Crippen LogP contribution in [0.4, 0.5) is 31.4 Å². The van der Waals surface area contributed by atoms with Gasteiger partial charge >= 0.3 is 18.1 Å². The normalized spacial score (nSPS) is 11.0. The highest BCUT2D eigenvalue weighted by Gasteiger charge is 2.19. The summed E-state index contributed by atoms with van der Waals surface area (Å²) >= 11 is 0. The molecule has 0 bridgehead atoms. The third kappa shape index (κ3) is 5.95. The largest absolute Gasteiger partial charge is 0.409 e. The highest BCUT2D eigenvalue weighted by molar-refractivity contribution is 5.96. The number of aromatic nitrogens is 3. The molecule has 0 aliphatic heterocycles. The maximum atomic E-state index is 13.0. The molecule has 188 valence electrons. The van der Waals surface area contributed by atoms with Gasteiger partial charge < -0.3 is 21.6 Å². The van der Waals surface area contributed by atoms with E-state index >= 15 is 0 Å². The van der Waals surface area contributed by atoms with E-state index in [9.17, 15) is 14.4 Å². The smallest absolute Gasteiger partial charge is 0.332 e. The standard InChI is InChI=1S/C21H27N9O4.ClH/c1-25(8-7-18(23)24-34)19(31)29-10-5-16(13-29)27(3)21(33)30-11-6-17(14-30)26(2)20(32)28-9-4-15(22)12-28;/h4-6,9-14,34H,7-8,22H2,1-3H3,(H2,23,24);1H. The number of nitrogens with zero attached hydrogens (tertiary/aromatic N) is 7. The number of rotatable bonds is 5. The van der Waals surface area contributed by atoms with E-state index in [0.717, 1.165) is 0 Å². The number of anilines is 3. The van der Waals surface area contributed by atoms with Gasteiger partial charge in [-0.15, -0.1) is 12.4 Å². The lowest BCUT2D eigenvalue weighted by Crippen LogP contribution is -2.33. The number of carbonyl (C=O) groups excluding carboxylic acids is 3. The van der Waals surface area contributed by atoms with Crippen molar-refractivity contribution in [2.75, 3.05) is 43.2 Å². The van der Waals surface area contributed by atoms with Crippen molar-refractivity contribution in [3.8, 4) is 0 Å². The van der Waals surface area contributed by atoms with E-state index in [1.54, 1.807) is 51.7 Å². The number of hydrogen-bond donors (Lipinski definition) is 3. The monoisotopic (exact) mass is 505 g/mol. The molecule has 3 amide bonds. The second-order valence-corrected chi connectivity index (χ2v) is 7.63. The summed E-state index contributed by atoms with van der Waals surface area (Å²) in [5.41, 5.74) is 12.6. The van der Waals surface area contributed by atoms with Gasteiger partial charge in [0, 0.05) is 77.0 Å². The van der Waals surface area contributed by atoms with Crippen molar-refractivity contribution < 1.29 is 19.6 Å². The molecule has 5 N–H and O–H groups in total. The van der Waals surface area contributed by atoms with E-state index in [1.165, 1.54) is 53.2 Å². The van der Waals surface area contributed by atoms with Gasteiger partial charge in [0.05, 0.1) is 11.4 Å². The van der Waals surface area contributed by atoms with Crippen molar-refractivity contribution in [2.24, 2.45) is 10.9 Å². The zero-order valence-corrected chi connectivity index (χ0v) is 20.3. The minimum absolute atomic E-state index is 0. The Labute approximate surface area is 207 Å². The topological polar surface area (TPSA) is 160 Å². The van der Waals surface area contributed by atoms with Crippen molar-refractivity contribution in [2.45, 2.75) is 6.42 Å². The number of nitrogens with two attached hydrogens (primary N) is 2. The van der Waals surface area contributed by atoms with Gasteiger partial charge in [-0.3, -0.25) is 23.5 Å². The molecule has 3 aromatic heterocycles. The predicted molar refractivity (Wildman–Crippen MR) is 135 cm³/mol. The summed E-state index contributed by atoms with van der Waals surface area (Å²) in [7, 11) is 4.75. The third-order valence-corrected chi connectivity index (χ3v) is 5.24. The third-order valence-electron chi connectivity index (χ3n) is 5.24. The Hall–Kier alpha value is -4.39. The van der Waals surface area contributed by atoms with Crippen LogP contribution in [-0.4, -0.2) is 75.4 Å². The number of oxime groups is 1. The molecule has 0 spiro atoms. The Kier molecular flexibility index (Phi) is 8.56. The molecule has 0 saturated heterocycles. The fourth-order valence-electron chi connectivity index (χ4n) is 3.13. The summed E-state index contributed by atoms with van der Waals surface area (Å²) in [5.74, 6) is 0.0223. The summed E-state index contributed by atoms with van der Waals surface area (Å²) < 4.78 is 4.02. The number of amides is 3. The number of nitrogen functional groups attached to an aromatic ring is 1. The van der Waals surface area contributed by atoms with E-state index < -0.39 is 0 Å². The molecule has 0 aromatic carbocycles. The second-order valence-electron chi connectivity index (χ2n) is 7.63. The predicted octanol–water partition coefficient (Wildman–Crippen LogP) is 2.34. The first-order valence-corrected chi connectivity index (χ1v) is 10.2. The van der Waals surface area contributed by atoms with Gasteiger partial charge in [0.15, 0.2) is 0 Å². The molecule has 14 heteroatoms. The summed E-state index contributed by atoms with van der Waals surface area (Å²) in [6.45, 7) is 0.255. The molecule has 0 radical (unpaired) electrons. The van der Waals surface area contributed by atoms with E-state index in [1.807, 2.05) is 0 Å². The summed E-state index contributed by atoms with van der Waals surface area (Å²) in [6.07, 6.45) is 9.43. The van der Waals surface area contributed by atoms with Crippen LogP contribution in [0, 0.1) is 0 Å². The Morgan fingerprint density at radius 3 is 1.77 bits per heavy atom. The van der Waals surface area contributed by atoms with Crippen molar-refractivity contribution >= 4 is 53.4 Å². The lowest BCUT2D eigenvalue weighted by molar-refractivity contribution is 0.211. The fourth-order valence-corrected chi connectivity index (χ4v) is 3.13. The van der Waals surface area contributed by atoms with E-state index in [0.29, 0.717) is 17.1 Å². The Morgan fingerprint density at radius 1 is 0.857 bits per heavy atom. The van der Waals surface area contributed by atoms with Crippen LogP contribution >= 0.6 is 12.4 Å². The van der Waals surface area contributed by atoms with Gasteiger partial charge in [0.25, 0.3) is 0 Å².